The molecule has 1 N–H and O–H groups in total. The van der Waals surface area contributed by atoms with Crippen LogP contribution >= 0.6 is 0 Å². The molecule has 1 unspecified atom stereocenters. The maximum absolute atomic E-state index is 12.5. The Morgan fingerprint density at radius 3 is 2.54 bits per heavy atom. The predicted octanol–water partition coefficient (Wildman–Crippen LogP) is 2.48. The van der Waals surface area contributed by atoms with Gasteiger partial charge in [0, 0.05) is 31.8 Å². The average molecular weight is 360 g/mol. The van der Waals surface area contributed by atoms with E-state index in [1.165, 1.54) is 0 Å². The van der Waals surface area contributed by atoms with Crippen molar-refractivity contribution in [2.45, 2.75) is 26.2 Å². The molecule has 1 fully saturated rings. The van der Waals surface area contributed by atoms with Gasteiger partial charge in [0.15, 0.2) is 0 Å². The SMILES string of the molecule is CCCNC(=O)C1CCCN(C(=O)/C=C/c2cc(OC)cc(OC)c2)C1. The lowest BCUT2D eigenvalue weighted by Gasteiger charge is -2.31. The third-order valence-corrected chi connectivity index (χ3v) is 4.45. The molecule has 142 valence electrons. The molecule has 6 nitrogen and oxygen atoms in total. The van der Waals surface area contributed by atoms with Gasteiger partial charge in [0.25, 0.3) is 0 Å². The number of ether oxygens (including phenoxy) is 2. The van der Waals surface area contributed by atoms with Crippen molar-refractivity contribution in [1.82, 2.24) is 10.2 Å². The Balaban J connectivity index is 2.00. The standard InChI is InChI=1S/C20H28N2O4/c1-4-9-21-20(24)16-6-5-10-22(14-16)19(23)8-7-15-11-17(25-2)13-18(12-15)26-3/h7-8,11-13,16H,4-6,9-10,14H2,1-3H3,(H,21,24)/b8-7+. The van der Waals surface area contributed by atoms with Crippen molar-refractivity contribution < 1.29 is 19.1 Å². The summed E-state index contributed by atoms with van der Waals surface area (Å²) in [6.07, 6.45) is 5.87. The number of methoxy groups -OCH3 is 2. The summed E-state index contributed by atoms with van der Waals surface area (Å²) in [6.45, 7) is 3.86. The van der Waals surface area contributed by atoms with E-state index in [-0.39, 0.29) is 17.7 Å². The number of carbonyl (C=O) groups is 2. The highest BCUT2D eigenvalue weighted by molar-refractivity contribution is 5.92. The summed E-state index contributed by atoms with van der Waals surface area (Å²) < 4.78 is 10.5. The van der Waals surface area contributed by atoms with E-state index >= 15 is 0 Å². The van der Waals surface area contributed by atoms with Gasteiger partial charge in [-0.1, -0.05) is 6.92 Å². The molecule has 0 aromatic heterocycles. The zero-order valence-corrected chi connectivity index (χ0v) is 15.8. The van der Waals surface area contributed by atoms with Crippen LogP contribution in [0.2, 0.25) is 0 Å². The number of nitrogens with zero attached hydrogens (tertiary/aromatic N) is 1. The Bertz CT molecular complexity index is 635. The number of piperidine rings is 1. The minimum Gasteiger partial charge on any atom is -0.497 e. The lowest BCUT2D eigenvalue weighted by molar-refractivity contribution is -0.132. The number of rotatable bonds is 7. The lowest BCUT2D eigenvalue weighted by atomic mass is 9.97. The van der Waals surface area contributed by atoms with Gasteiger partial charge in [0.2, 0.25) is 11.8 Å². The van der Waals surface area contributed by atoms with E-state index in [0.717, 1.165) is 24.8 Å². The zero-order valence-electron chi connectivity index (χ0n) is 15.8. The fraction of sp³-hybridized carbons (Fsp3) is 0.500. The smallest absolute Gasteiger partial charge is 0.246 e. The molecule has 1 heterocycles. The number of carbonyl (C=O) groups excluding carboxylic acids is 2. The molecule has 1 aromatic carbocycles. The maximum Gasteiger partial charge on any atom is 0.246 e. The van der Waals surface area contributed by atoms with Crippen LogP contribution in [0.3, 0.4) is 0 Å². The largest absolute Gasteiger partial charge is 0.497 e. The zero-order chi connectivity index (χ0) is 18.9. The van der Waals surface area contributed by atoms with Crippen LogP contribution in [0, 0.1) is 5.92 Å². The highest BCUT2D eigenvalue weighted by atomic mass is 16.5. The molecule has 2 rings (SSSR count). The van der Waals surface area contributed by atoms with E-state index < -0.39 is 0 Å². The molecule has 1 atom stereocenters. The molecule has 0 bridgehead atoms. The third-order valence-electron chi connectivity index (χ3n) is 4.45. The van der Waals surface area contributed by atoms with Gasteiger partial charge in [-0.3, -0.25) is 9.59 Å². The van der Waals surface area contributed by atoms with Crippen LogP contribution in [0.5, 0.6) is 11.5 Å². The summed E-state index contributed by atoms with van der Waals surface area (Å²) in [5.74, 6) is 1.18. The van der Waals surface area contributed by atoms with Crippen LogP contribution in [0.15, 0.2) is 24.3 Å². The third kappa shape index (κ3) is 5.51. The van der Waals surface area contributed by atoms with Gasteiger partial charge < -0.3 is 19.7 Å². The van der Waals surface area contributed by atoms with Crippen LogP contribution in [0.1, 0.15) is 31.7 Å². The van der Waals surface area contributed by atoms with Gasteiger partial charge >= 0.3 is 0 Å². The summed E-state index contributed by atoms with van der Waals surface area (Å²) in [4.78, 5) is 26.4. The first kappa shape index (κ1) is 19.8. The summed E-state index contributed by atoms with van der Waals surface area (Å²) in [5, 5.41) is 2.92. The minimum absolute atomic E-state index is 0.0471. The first-order valence-corrected chi connectivity index (χ1v) is 9.05. The van der Waals surface area contributed by atoms with Crippen molar-refractivity contribution in [3.63, 3.8) is 0 Å². The Hall–Kier alpha value is -2.50. The number of likely N-dealkylation sites (tertiary alicyclic amines) is 1. The molecule has 0 aliphatic carbocycles. The highest BCUT2D eigenvalue weighted by Gasteiger charge is 2.27. The van der Waals surface area contributed by atoms with Crippen LogP contribution in [0.25, 0.3) is 6.08 Å². The summed E-state index contributed by atoms with van der Waals surface area (Å²) in [6, 6.07) is 5.45. The molecular formula is C20H28N2O4. The summed E-state index contributed by atoms with van der Waals surface area (Å²) >= 11 is 0. The second-order valence-corrected chi connectivity index (χ2v) is 6.39. The fourth-order valence-corrected chi connectivity index (χ4v) is 2.98. The molecule has 1 aromatic rings. The van der Waals surface area contributed by atoms with Crippen molar-refractivity contribution in [2.24, 2.45) is 5.92 Å². The Morgan fingerprint density at radius 1 is 1.23 bits per heavy atom. The molecule has 1 aliphatic heterocycles. The predicted molar refractivity (Wildman–Crippen MR) is 101 cm³/mol. The van der Waals surface area contributed by atoms with Gasteiger partial charge in [-0.25, -0.2) is 0 Å². The molecule has 1 aliphatic rings. The average Bonchev–Trinajstić information content (AvgIpc) is 2.69. The van der Waals surface area contributed by atoms with Gasteiger partial charge in [0.1, 0.15) is 11.5 Å². The van der Waals surface area contributed by atoms with E-state index in [1.807, 2.05) is 19.1 Å². The molecule has 0 saturated carbocycles. The molecule has 6 heteroatoms. The number of nitrogens with one attached hydrogen (secondary N) is 1. The Labute approximate surface area is 155 Å². The molecular weight excluding hydrogens is 332 g/mol. The number of amides is 2. The molecule has 1 saturated heterocycles. The second kappa shape index (κ2) is 9.85. The van der Waals surface area contributed by atoms with Crippen molar-refractivity contribution in [1.29, 1.82) is 0 Å². The fourth-order valence-electron chi connectivity index (χ4n) is 2.98. The first-order valence-electron chi connectivity index (χ1n) is 9.05. The maximum atomic E-state index is 12.5. The highest BCUT2D eigenvalue weighted by Crippen LogP contribution is 2.23. The Morgan fingerprint density at radius 2 is 1.92 bits per heavy atom. The summed E-state index contributed by atoms with van der Waals surface area (Å²) in [7, 11) is 3.18. The van der Waals surface area contributed by atoms with Crippen LogP contribution in [0.4, 0.5) is 0 Å². The Kier molecular flexibility index (Phi) is 7.51. The van der Waals surface area contributed by atoms with Gasteiger partial charge in [-0.05, 0) is 43.0 Å². The molecule has 26 heavy (non-hydrogen) atoms. The molecule has 0 radical (unpaired) electrons. The molecule has 2 amide bonds. The van der Waals surface area contributed by atoms with Crippen LogP contribution in [-0.4, -0.2) is 50.6 Å². The van der Waals surface area contributed by atoms with E-state index in [1.54, 1.807) is 37.3 Å². The topological polar surface area (TPSA) is 67.9 Å². The lowest BCUT2D eigenvalue weighted by Crippen LogP contribution is -2.45. The van der Waals surface area contributed by atoms with Crippen molar-refractivity contribution in [2.75, 3.05) is 33.9 Å². The minimum atomic E-state index is -0.121. The van der Waals surface area contributed by atoms with Crippen molar-refractivity contribution >= 4 is 17.9 Å². The van der Waals surface area contributed by atoms with E-state index in [2.05, 4.69) is 5.32 Å². The normalized spacial score (nSPS) is 17.2. The van der Waals surface area contributed by atoms with Crippen molar-refractivity contribution in [3.8, 4) is 11.5 Å². The number of benzene rings is 1. The summed E-state index contributed by atoms with van der Waals surface area (Å²) in [5.41, 5.74) is 0.823. The quantitative estimate of drug-likeness (QED) is 0.759. The molecule has 0 spiro atoms. The monoisotopic (exact) mass is 360 g/mol. The van der Waals surface area contributed by atoms with E-state index in [4.69, 9.17) is 9.47 Å². The second-order valence-electron chi connectivity index (χ2n) is 6.39. The van der Waals surface area contributed by atoms with E-state index in [0.29, 0.717) is 31.1 Å². The number of hydrogen-bond donors (Lipinski definition) is 1. The van der Waals surface area contributed by atoms with Crippen molar-refractivity contribution in [3.05, 3.63) is 29.8 Å². The van der Waals surface area contributed by atoms with Crippen LogP contribution < -0.4 is 14.8 Å². The van der Waals surface area contributed by atoms with Crippen LogP contribution in [-0.2, 0) is 9.59 Å². The van der Waals surface area contributed by atoms with Gasteiger partial charge in [-0.15, -0.1) is 0 Å². The number of hydrogen-bond acceptors (Lipinski definition) is 4. The van der Waals surface area contributed by atoms with Gasteiger partial charge in [-0.2, -0.15) is 0 Å². The van der Waals surface area contributed by atoms with E-state index in [9.17, 15) is 9.59 Å². The van der Waals surface area contributed by atoms with Gasteiger partial charge in [0.05, 0.1) is 20.1 Å². The first-order chi connectivity index (χ1) is 12.6.